The first-order valence-electron chi connectivity index (χ1n) is 6.33. The van der Waals surface area contributed by atoms with Crippen LogP contribution in [-0.2, 0) is 0 Å². The van der Waals surface area contributed by atoms with Crippen molar-refractivity contribution >= 4 is 5.69 Å². The molecule has 0 atom stereocenters. The highest BCUT2D eigenvalue weighted by atomic mass is 16.5. The van der Waals surface area contributed by atoms with Gasteiger partial charge in [-0.05, 0) is 49.9 Å². The monoisotopic (exact) mass is 234 g/mol. The average molecular weight is 234 g/mol. The summed E-state index contributed by atoms with van der Waals surface area (Å²) in [5, 5.41) is 6.93. The number of anilines is 1. The molecule has 0 spiro atoms. The van der Waals surface area contributed by atoms with E-state index >= 15 is 0 Å². The number of hydrogen-bond donors (Lipinski definition) is 2. The Morgan fingerprint density at radius 2 is 1.82 bits per heavy atom. The SMILES string of the molecule is COc1c(C)cc(NCCNC2CC2)cc1C. The molecule has 1 aromatic rings. The Morgan fingerprint density at radius 3 is 2.35 bits per heavy atom. The third-order valence-electron chi connectivity index (χ3n) is 3.13. The molecule has 0 saturated heterocycles. The first-order valence-corrected chi connectivity index (χ1v) is 6.33. The maximum Gasteiger partial charge on any atom is 0.124 e. The minimum absolute atomic E-state index is 0.788. The molecular weight excluding hydrogens is 212 g/mol. The summed E-state index contributed by atoms with van der Waals surface area (Å²) in [5.41, 5.74) is 3.55. The van der Waals surface area contributed by atoms with Crippen LogP contribution in [0.25, 0.3) is 0 Å². The number of aryl methyl sites for hydroxylation is 2. The molecule has 2 rings (SSSR count). The molecule has 0 aromatic heterocycles. The summed E-state index contributed by atoms with van der Waals surface area (Å²) in [6.45, 7) is 6.18. The summed E-state index contributed by atoms with van der Waals surface area (Å²) < 4.78 is 5.36. The van der Waals surface area contributed by atoms with E-state index in [2.05, 4.69) is 36.6 Å². The van der Waals surface area contributed by atoms with Gasteiger partial charge >= 0.3 is 0 Å². The van der Waals surface area contributed by atoms with Gasteiger partial charge < -0.3 is 15.4 Å². The van der Waals surface area contributed by atoms with E-state index in [9.17, 15) is 0 Å². The second-order valence-electron chi connectivity index (χ2n) is 4.80. The molecule has 1 fully saturated rings. The minimum Gasteiger partial charge on any atom is -0.496 e. The van der Waals surface area contributed by atoms with Crippen molar-refractivity contribution < 1.29 is 4.74 Å². The van der Waals surface area contributed by atoms with Crippen molar-refractivity contribution in [1.29, 1.82) is 0 Å². The lowest BCUT2D eigenvalue weighted by molar-refractivity contribution is 0.408. The van der Waals surface area contributed by atoms with Crippen LogP contribution in [0.5, 0.6) is 5.75 Å². The zero-order chi connectivity index (χ0) is 12.3. The van der Waals surface area contributed by atoms with E-state index in [0.29, 0.717) is 0 Å². The summed E-state index contributed by atoms with van der Waals surface area (Å²) in [7, 11) is 1.72. The Morgan fingerprint density at radius 1 is 1.18 bits per heavy atom. The summed E-state index contributed by atoms with van der Waals surface area (Å²) in [6.07, 6.45) is 2.70. The van der Waals surface area contributed by atoms with Crippen molar-refractivity contribution in [2.45, 2.75) is 32.7 Å². The maximum atomic E-state index is 5.36. The number of ether oxygens (including phenoxy) is 1. The largest absolute Gasteiger partial charge is 0.496 e. The smallest absolute Gasteiger partial charge is 0.124 e. The lowest BCUT2D eigenvalue weighted by Crippen LogP contribution is -2.23. The van der Waals surface area contributed by atoms with Crippen LogP contribution in [0.3, 0.4) is 0 Å². The molecule has 0 amide bonds. The molecule has 0 bridgehead atoms. The van der Waals surface area contributed by atoms with Gasteiger partial charge in [-0.2, -0.15) is 0 Å². The molecule has 1 aliphatic rings. The Labute approximate surface area is 104 Å². The van der Waals surface area contributed by atoms with Crippen LogP contribution in [0.15, 0.2) is 12.1 Å². The fraction of sp³-hybridized carbons (Fsp3) is 0.571. The molecule has 17 heavy (non-hydrogen) atoms. The van der Waals surface area contributed by atoms with Gasteiger partial charge in [0.2, 0.25) is 0 Å². The van der Waals surface area contributed by atoms with Crippen LogP contribution in [0.2, 0.25) is 0 Å². The molecule has 0 heterocycles. The van der Waals surface area contributed by atoms with E-state index in [1.807, 2.05) is 0 Å². The van der Waals surface area contributed by atoms with Crippen molar-refractivity contribution in [2.24, 2.45) is 0 Å². The zero-order valence-electron chi connectivity index (χ0n) is 11.0. The van der Waals surface area contributed by atoms with Crippen LogP contribution < -0.4 is 15.4 Å². The van der Waals surface area contributed by atoms with E-state index in [1.165, 1.54) is 29.7 Å². The second-order valence-corrected chi connectivity index (χ2v) is 4.80. The van der Waals surface area contributed by atoms with Gasteiger partial charge in [-0.3, -0.25) is 0 Å². The van der Waals surface area contributed by atoms with Crippen LogP contribution in [0.1, 0.15) is 24.0 Å². The quantitative estimate of drug-likeness (QED) is 0.742. The predicted molar refractivity (Wildman–Crippen MR) is 72.0 cm³/mol. The molecule has 94 valence electrons. The number of rotatable bonds is 6. The third-order valence-corrected chi connectivity index (χ3v) is 3.13. The molecule has 0 aliphatic heterocycles. The van der Waals surface area contributed by atoms with Gasteiger partial charge in [0.1, 0.15) is 5.75 Å². The van der Waals surface area contributed by atoms with E-state index in [4.69, 9.17) is 4.74 Å². The van der Waals surface area contributed by atoms with E-state index in [-0.39, 0.29) is 0 Å². The fourth-order valence-electron chi connectivity index (χ4n) is 2.14. The number of nitrogens with one attached hydrogen (secondary N) is 2. The van der Waals surface area contributed by atoms with Crippen molar-refractivity contribution in [3.63, 3.8) is 0 Å². The van der Waals surface area contributed by atoms with E-state index in [1.54, 1.807) is 7.11 Å². The van der Waals surface area contributed by atoms with Crippen LogP contribution >= 0.6 is 0 Å². The summed E-state index contributed by atoms with van der Waals surface area (Å²) >= 11 is 0. The molecular formula is C14H22N2O. The summed E-state index contributed by atoms with van der Waals surface area (Å²) in [5.74, 6) is 0.992. The Kier molecular flexibility index (Phi) is 3.89. The Balaban J connectivity index is 1.86. The van der Waals surface area contributed by atoms with Crippen molar-refractivity contribution in [1.82, 2.24) is 5.32 Å². The van der Waals surface area contributed by atoms with Gasteiger partial charge in [0.15, 0.2) is 0 Å². The normalized spacial score (nSPS) is 14.8. The fourth-order valence-corrected chi connectivity index (χ4v) is 2.14. The topological polar surface area (TPSA) is 33.3 Å². The van der Waals surface area contributed by atoms with Crippen LogP contribution in [-0.4, -0.2) is 26.2 Å². The van der Waals surface area contributed by atoms with Gasteiger partial charge in [-0.25, -0.2) is 0 Å². The molecule has 1 aliphatic carbocycles. The molecule has 1 aromatic carbocycles. The number of benzene rings is 1. The van der Waals surface area contributed by atoms with Crippen molar-refractivity contribution in [2.75, 3.05) is 25.5 Å². The highest BCUT2D eigenvalue weighted by Crippen LogP contribution is 2.26. The Bertz CT molecular complexity index is 363. The second kappa shape index (κ2) is 5.41. The van der Waals surface area contributed by atoms with Gasteiger partial charge in [0.25, 0.3) is 0 Å². The standard InChI is InChI=1S/C14H22N2O/c1-10-8-13(9-11(2)14(10)17-3)16-7-6-15-12-4-5-12/h8-9,12,15-16H,4-7H2,1-3H3. The van der Waals surface area contributed by atoms with E-state index in [0.717, 1.165) is 24.9 Å². The molecule has 3 heteroatoms. The zero-order valence-corrected chi connectivity index (χ0v) is 11.0. The van der Waals surface area contributed by atoms with Crippen molar-refractivity contribution in [3.05, 3.63) is 23.3 Å². The number of hydrogen-bond acceptors (Lipinski definition) is 3. The highest BCUT2D eigenvalue weighted by Gasteiger charge is 2.19. The maximum absolute atomic E-state index is 5.36. The summed E-state index contributed by atoms with van der Waals surface area (Å²) in [6, 6.07) is 5.07. The third kappa shape index (κ3) is 3.37. The average Bonchev–Trinajstić information content (AvgIpc) is 3.08. The minimum atomic E-state index is 0.788. The van der Waals surface area contributed by atoms with Gasteiger partial charge in [0, 0.05) is 24.8 Å². The summed E-state index contributed by atoms with van der Waals surface area (Å²) in [4.78, 5) is 0. The molecule has 0 unspecified atom stereocenters. The predicted octanol–water partition coefficient (Wildman–Crippen LogP) is 2.48. The van der Waals surface area contributed by atoms with E-state index < -0.39 is 0 Å². The lowest BCUT2D eigenvalue weighted by atomic mass is 10.1. The van der Waals surface area contributed by atoms with Crippen molar-refractivity contribution in [3.8, 4) is 5.75 Å². The molecule has 1 saturated carbocycles. The van der Waals surface area contributed by atoms with Gasteiger partial charge in [0.05, 0.1) is 7.11 Å². The lowest BCUT2D eigenvalue weighted by Gasteiger charge is -2.13. The Hall–Kier alpha value is -1.22. The number of methoxy groups -OCH3 is 1. The highest BCUT2D eigenvalue weighted by molar-refractivity contribution is 5.55. The molecule has 3 nitrogen and oxygen atoms in total. The van der Waals surface area contributed by atoms with Crippen LogP contribution in [0.4, 0.5) is 5.69 Å². The molecule has 2 N–H and O–H groups in total. The first-order chi connectivity index (χ1) is 8.20. The van der Waals surface area contributed by atoms with Gasteiger partial charge in [-0.1, -0.05) is 0 Å². The van der Waals surface area contributed by atoms with Crippen LogP contribution in [0, 0.1) is 13.8 Å². The van der Waals surface area contributed by atoms with Gasteiger partial charge in [-0.15, -0.1) is 0 Å². The molecule has 0 radical (unpaired) electrons. The first kappa shape index (κ1) is 12.2.